The molecular weight excluding hydrogens is 340 g/mol. The van der Waals surface area contributed by atoms with Crippen molar-refractivity contribution >= 4 is 16.8 Å². The van der Waals surface area contributed by atoms with Crippen LogP contribution in [0.4, 0.5) is 0 Å². The Labute approximate surface area is 163 Å². The minimum Gasteiger partial charge on any atom is -0.488 e. The Balaban J connectivity index is 1.55. The van der Waals surface area contributed by atoms with E-state index in [4.69, 9.17) is 4.74 Å². The van der Waals surface area contributed by atoms with E-state index in [0.717, 1.165) is 18.6 Å². The lowest BCUT2D eigenvalue weighted by atomic mass is 9.91. The van der Waals surface area contributed by atoms with Gasteiger partial charge in [-0.3, -0.25) is 0 Å². The maximum atomic E-state index is 6.10. The van der Waals surface area contributed by atoms with E-state index in [0.29, 0.717) is 6.61 Å². The summed E-state index contributed by atoms with van der Waals surface area (Å²) in [4.78, 5) is 0. The van der Waals surface area contributed by atoms with Gasteiger partial charge in [0.1, 0.15) is 12.4 Å². The normalized spacial score (nSPS) is 14.9. The third-order valence-electron chi connectivity index (χ3n) is 6.58. The van der Waals surface area contributed by atoms with Crippen LogP contribution in [0.2, 0.25) is 0 Å². The summed E-state index contributed by atoms with van der Waals surface area (Å²) in [6, 6.07) is 22.5. The minimum absolute atomic E-state index is 0.661. The third kappa shape index (κ3) is 1.77. The predicted molar refractivity (Wildman–Crippen MR) is 115 cm³/mol. The zero-order valence-corrected chi connectivity index (χ0v) is 15.5. The van der Waals surface area contributed by atoms with Gasteiger partial charge in [0.15, 0.2) is 0 Å². The summed E-state index contributed by atoms with van der Waals surface area (Å²) >= 11 is 0. The summed E-state index contributed by atoms with van der Waals surface area (Å²) in [6.07, 6.45) is 6.43. The molecule has 28 heavy (non-hydrogen) atoms. The molecule has 0 aromatic heterocycles. The Morgan fingerprint density at radius 1 is 0.679 bits per heavy atom. The first-order valence-corrected chi connectivity index (χ1v) is 10.00. The van der Waals surface area contributed by atoms with Crippen LogP contribution in [-0.2, 0) is 12.8 Å². The lowest BCUT2D eigenvalue weighted by Gasteiger charge is -2.20. The Hall–Kier alpha value is -3.32. The lowest BCUT2D eigenvalue weighted by molar-refractivity contribution is 0.362. The second-order valence-electron chi connectivity index (χ2n) is 8.03. The predicted octanol–water partition coefficient (Wildman–Crippen LogP) is 6.39. The van der Waals surface area contributed by atoms with Crippen LogP contribution in [-0.4, -0.2) is 6.61 Å². The average Bonchev–Trinajstić information content (AvgIpc) is 3.30. The van der Waals surface area contributed by atoms with Gasteiger partial charge in [-0.05, 0) is 80.9 Å². The highest BCUT2D eigenvalue weighted by molar-refractivity contribution is 6.07. The summed E-state index contributed by atoms with van der Waals surface area (Å²) in [6.45, 7) is 0.661. The third-order valence-corrected chi connectivity index (χ3v) is 6.58. The number of rotatable bonds is 0. The molecule has 4 aromatic carbocycles. The van der Waals surface area contributed by atoms with Gasteiger partial charge in [-0.25, -0.2) is 0 Å². The van der Waals surface area contributed by atoms with Gasteiger partial charge in [0.05, 0.1) is 0 Å². The van der Waals surface area contributed by atoms with Gasteiger partial charge in [0.2, 0.25) is 0 Å². The smallest absolute Gasteiger partial charge is 0.135 e. The molecule has 0 fully saturated rings. The second kappa shape index (κ2) is 5.14. The van der Waals surface area contributed by atoms with Crippen LogP contribution in [0.15, 0.2) is 66.7 Å². The number of hydrogen-bond acceptors (Lipinski definition) is 1. The summed E-state index contributed by atoms with van der Waals surface area (Å²) in [5.74, 6) is 1.06. The van der Waals surface area contributed by atoms with Crippen LogP contribution in [0.25, 0.3) is 39.1 Å². The molecule has 0 N–H and O–H groups in total. The monoisotopic (exact) mass is 358 g/mol. The van der Waals surface area contributed by atoms with Gasteiger partial charge in [0.25, 0.3) is 0 Å². The highest BCUT2D eigenvalue weighted by atomic mass is 16.5. The van der Waals surface area contributed by atoms with Gasteiger partial charge in [-0.2, -0.15) is 0 Å². The summed E-state index contributed by atoms with van der Waals surface area (Å²) in [7, 11) is 0. The van der Waals surface area contributed by atoms with Crippen LogP contribution < -0.4 is 4.74 Å². The fourth-order valence-corrected chi connectivity index (χ4v) is 5.40. The molecule has 7 rings (SSSR count). The maximum absolute atomic E-state index is 6.10. The minimum atomic E-state index is 0.661. The highest BCUT2D eigenvalue weighted by Crippen LogP contribution is 2.51. The summed E-state index contributed by atoms with van der Waals surface area (Å²) < 4.78 is 6.10. The number of ether oxygens (including phenoxy) is 1. The Morgan fingerprint density at radius 2 is 1.46 bits per heavy atom. The van der Waals surface area contributed by atoms with Crippen molar-refractivity contribution < 1.29 is 4.74 Å². The number of benzene rings is 4. The topological polar surface area (TPSA) is 9.23 Å². The van der Waals surface area contributed by atoms with E-state index in [-0.39, 0.29) is 0 Å². The average molecular weight is 358 g/mol. The molecule has 1 nitrogen and oxygen atoms in total. The van der Waals surface area contributed by atoms with Crippen LogP contribution in [0.1, 0.15) is 27.8 Å². The molecule has 2 aliphatic carbocycles. The molecule has 1 aliphatic heterocycles. The van der Waals surface area contributed by atoms with E-state index >= 15 is 0 Å². The molecule has 0 spiro atoms. The van der Waals surface area contributed by atoms with Crippen molar-refractivity contribution in [3.8, 4) is 28.0 Å². The van der Waals surface area contributed by atoms with E-state index in [9.17, 15) is 0 Å². The van der Waals surface area contributed by atoms with E-state index in [1.54, 1.807) is 0 Å². The zero-order valence-electron chi connectivity index (χ0n) is 15.5. The molecule has 0 amide bonds. The number of fused-ring (bicyclic) bond motifs is 11. The first-order chi connectivity index (χ1) is 13.9. The van der Waals surface area contributed by atoms with Gasteiger partial charge in [-0.15, -0.1) is 0 Å². The molecule has 1 heteroatoms. The molecule has 0 saturated heterocycles. The molecule has 4 aromatic rings. The Morgan fingerprint density at radius 3 is 2.43 bits per heavy atom. The molecule has 0 unspecified atom stereocenters. The molecular formula is C27H18O. The lowest BCUT2D eigenvalue weighted by Crippen LogP contribution is -2.04. The first-order valence-electron chi connectivity index (χ1n) is 10.00. The highest BCUT2D eigenvalue weighted by Gasteiger charge is 2.30. The van der Waals surface area contributed by atoms with Crippen LogP contribution >= 0.6 is 0 Å². The van der Waals surface area contributed by atoms with Crippen molar-refractivity contribution in [2.75, 3.05) is 6.61 Å². The molecule has 0 saturated carbocycles. The summed E-state index contributed by atoms with van der Waals surface area (Å²) in [5, 5.41) is 2.55. The zero-order chi connectivity index (χ0) is 18.2. The van der Waals surface area contributed by atoms with E-state index < -0.39 is 0 Å². The van der Waals surface area contributed by atoms with Crippen molar-refractivity contribution in [2.24, 2.45) is 0 Å². The fraction of sp³-hybridized carbons (Fsp3) is 0.111. The Kier molecular flexibility index (Phi) is 2.70. The maximum Gasteiger partial charge on any atom is 0.135 e. The summed E-state index contributed by atoms with van der Waals surface area (Å²) in [5.41, 5.74) is 12.7. The molecule has 132 valence electrons. The quantitative estimate of drug-likeness (QED) is 0.306. The van der Waals surface area contributed by atoms with Gasteiger partial charge in [-0.1, -0.05) is 54.6 Å². The molecule has 0 bridgehead atoms. The van der Waals surface area contributed by atoms with E-state index in [1.165, 1.54) is 60.8 Å². The van der Waals surface area contributed by atoms with Gasteiger partial charge >= 0.3 is 0 Å². The number of hydrogen-bond donors (Lipinski definition) is 0. The molecule has 0 radical (unpaired) electrons. The van der Waals surface area contributed by atoms with Crippen molar-refractivity contribution in [2.45, 2.75) is 12.8 Å². The standard InChI is InChI=1S/C27H18O/c1-2-7-19-16(6-1)12-17-14-24-18(13-23(17)19)15-25-22-10-5-11-28-27(22)21-9-4-3-8-20(21)26(24)25/h1-10,13-14H,11-12,15H2. The van der Waals surface area contributed by atoms with Crippen molar-refractivity contribution in [1.29, 1.82) is 0 Å². The van der Waals surface area contributed by atoms with E-state index in [1.807, 2.05) is 0 Å². The van der Waals surface area contributed by atoms with Crippen LogP contribution in [0, 0.1) is 0 Å². The first kappa shape index (κ1) is 14.7. The van der Waals surface area contributed by atoms with Gasteiger partial charge in [0, 0.05) is 10.9 Å². The van der Waals surface area contributed by atoms with E-state index in [2.05, 4.69) is 72.8 Å². The molecule has 3 aliphatic rings. The largest absolute Gasteiger partial charge is 0.488 e. The van der Waals surface area contributed by atoms with Crippen molar-refractivity contribution in [3.05, 3.63) is 94.6 Å². The molecule has 0 atom stereocenters. The van der Waals surface area contributed by atoms with Crippen LogP contribution in [0.3, 0.4) is 0 Å². The van der Waals surface area contributed by atoms with Crippen molar-refractivity contribution in [1.82, 2.24) is 0 Å². The molecule has 1 heterocycles. The Bertz CT molecular complexity index is 1360. The fourth-order valence-electron chi connectivity index (χ4n) is 5.40. The van der Waals surface area contributed by atoms with Crippen molar-refractivity contribution in [3.63, 3.8) is 0 Å². The SMILES string of the molecule is C1=Cc2c3c(c4ccccc4c2OC1)-c1cc2c(cc1C3)-c1ccccc1C2. The van der Waals surface area contributed by atoms with Gasteiger partial charge < -0.3 is 4.74 Å². The van der Waals surface area contributed by atoms with Crippen LogP contribution in [0.5, 0.6) is 5.75 Å². The second-order valence-corrected chi connectivity index (χ2v) is 8.03.